The van der Waals surface area contributed by atoms with Crippen LogP contribution in [-0.4, -0.2) is 11.2 Å². The van der Waals surface area contributed by atoms with E-state index in [2.05, 4.69) is 4.98 Å². The van der Waals surface area contributed by atoms with Crippen molar-refractivity contribution in [3.05, 3.63) is 5.69 Å². The summed E-state index contributed by atoms with van der Waals surface area (Å²) < 4.78 is 35.4. The minimum Gasteiger partial charge on any atom is -0.389 e. The normalized spacial score (nSPS) is 11.9. The Balaban J connectivity index is 2.82. The van der Waals surface area contributed by atoms with Crippen LogP contribution in [0.4, 0.5) is 23.3 Å². The molecule has 7 heteroatoms. The molecule has 0 saturated carbocycles. The fourth-order valence-electron chi connectivity index (χ4n) is 0.699. The van der Waals surface area contributed by atoms with Gasteiger partial charge in [0, 0.05) is 0 Å². The topological polar surface area (TPSA) is 64.9 Å². The van der Waals surface area contributed by atoms with Gasteiger partial charge in [-0.3, -0.25) is 0 Å². The Hall–Kier alpha value is -0.980. The first-order chi connectivity index (χ1) is 5.38. The van der Waals surface area contributed by atoms with Gasteiger partial charge in [0.25, 0.3) is 0 Å². The Morgan fingerprint density at radius 3 is 2.25 bits per heavy atom. The summed E-state index contributed by atoms with van der Waals surface area (Å²) in [5.74, 6) is 0. The van der Waals surface area contributed by atoms with Crippen molar-refractivity contribution in [1.82, 2.24) is 4.98 Å². The van der Waals surface area contributed by atoms with Crippen LogP contribution in [0.3, 0.4) is 0 Å². The van der Waals surface area contributed by atoms with Crippen LogP contribution in [0.25, 0.3) is 0 Å². The summed E-state index contributed by atoms with van der Waals surface area (Å²) in [7, 11) is 0. The van der Waals surface area contributed by atoms with Crippen LogP contribution in [-0.2, 0) is 6.42 Å². The van der Waals surface area contributed by atoms with Crippen molar-refractivity contribution >= 4 is 21.5 Å². The zero-order valence-corrected chi connectivity index (χ0v) is 6.67. The van der Waals surface area contributed by atoms with Crippen molar-refractivity contribution in [3.63, 3.8) is 0 Å². The largest absolute Gasteiger partial charge is 0.394 e. The van der Waals surface area contributed by atoms with Gasteiger partial charge in [-0.2, -0.15) is 13.2 Å². The Kier molecular flexibility index (Phi) is 2.14. The monoisotopic (exact) mass is 197 g/mol. The first-order valence-electron chi connectivity index (χ1n) is 2.96. The molecule has 0 bridgehead atoms. The van der Waals surface area contributed by atoms with E-state index in [1.807, 2.05) is 0 Å². The lowest BCUT2D eigenvalue weighted by molar-refractivity contribution is -0.127. The molecule has 1 heterocycles. The molecular formula is C5H6F3N3S. The van der Waals surface area contributed by atoms with E-state index < -0.39 is 12.6 Å². The summed E-state index contributed by atoms with van der Waals surface area (Å²) in [5, 5.41) is 0.0941. The molecule has 0 aromatic carbocycles. The molecular weight excluding hydrogens is 191 g/mol. The summed E-state index contributed by atoms with van der Waals surface area (Å²) >= 11 is 0.854. The zero-order valence-electron chi connectivity index (χ0n) is 5.85. The van der Waals surface area contributed by atoms with Gasteiger partial charge < -0.3 is 11.5 Å². The third-order valence-corrected chi connectivity index (χ3v) is 1.87. The molecule has 0 aliphatic rings. The Bertz CT molecular complexity index is 280. The van der Waals surface area contributed by atoms with E-state index in [4.69, 9.17) is 11.5 Å². The number of nitrogens with two attached hydrogens (primary N) is 2. The Morgan fingerprint density at radius 1 is 1.33 bits per heavy atom. The number of aromatic nitrogens is 1. The summed E-state index contributed by atoms with van der Waals surface area (Å²) in [6, 6.07) is 0. The first-order valence-corrected chi connectivity index (χ1v) is 3.77. The van der Waals surface area contributed by atoms with Crippen LogP contribution < -0.4 is 11.5 Å². The average molecular weight is 197 g/mol. The van der Waals surface area contributed by atoms with Gasteiger partial charge >= 0.3 is 6.18 Å². The van der Waals surface area contributed by atoms with Crippen molar-refractivity contribution in [2.24, 2.45) is 0 Å². The molecule has 0 radical (unpaired) electrons. The number of nitrogens with zero attached hydrogens (tertiary/aromatic N) is 1. The summed E-state index contributed by atoms with van der Waals surface area (Å²) in [6.07, 6.45) is -5.40. The molecule has 0 atom stereocenters. The molecule has 68 valence electrons. The SMILES string of the molecule is Nc1nc(CC(F)(F)F)c(N)s1. The van der Waals surface area contributed by atoms with Gasteiger partial charge in [-0.15, -0.1) is 0 Å². The van der Waals surface area contributed by atoms with Gasteiger partial charge in [0.1, 0.15) is 5.00 Å². The minimum atomic E-state index is -4.28. The maximum atomic E-state index is 11.8. The second kappa shape index (κ2) is 2.81. The molecule has 1 aromatic heterocycles. The van der Waals surface area contributed by atoms with Gasteiger partial charge in [-0.1, -0.05) is 11.3 Å². The highest BCUT2D eigenvalue weighted by Gasteiger charge is 2.30. The standard InChI is InChI=1S/C5H6F3N3S/c6-5(7,8)1-2-3(9)12-4(10)11-2/h1,9H2,(H2,10,11). The summed E-state index contributed by atoms with van der Waals surface area (Å²) in [6.45, 7) is 0. The maximum absolute atomic E-state index is 11.8. The average Bonchev–Trinajstić information content (AvgIpc) is 2.06. The molecule has 3 nitrogen and oxygen atoms in total. The van der Waals surface area contributed by atoms with Crippen LogP contribution in [0.15, 0.2) is 0 Å². The fourth-order valence-corrected chi connectivity index (χ4v) is 1.32. The van der Waals surface area contributed by atoms with E-state index in [-0.39, 0.29) is 15.8 Å². The number of nitrogen functional groups attached to an aromatic ring is 2. The van der Waals surface area contributed by atoms with Gasteiger partial charge in [0.15, 0.2) is 5.13 Å². The van der Waals surface area contributed by atoms with Gasteiger partial charge in [0.05, 0.1) is 12.1 Å². The van der Waals surface area contributed by atoms with Crippen LogP contribution >= 0.6 is 11.3 Å². The molecule has 12 heavy (non-hydrogen) atoms. The lowest BCUT2D eigenvalue weighted by Crippen LogP contribution is -2.12. The van der Waals surface area contributed by atoms with Crippen molar-refractivity contribution < 1.29 is 13.2 Å². The van der Waals surface area contributed by atoms with Crippen LogP contribution in [0.1, 0.15) is 5.69 Å². The molecule has 0 saturated heterocycles. The predicted molar refractivity (Wildman–Crippen MR) is 40.7 cm³/mol. The number of anilines is 2. The lowest BCUT2D eigenvalue weighted by atomic mass is 10.3. The maximum Gasteiger partial charge on any atom is 0.394 e. The molecule has 0 spiro atoms. The third kappa shape index (κ3) is 2.26. The smallest absolute Gasteiger partial charge is 0.389 e. The highest BCUT2D eigenvalue weighted by molar-refractivity contribution is 7.19. The lowest BCUT2D eigenvalue weighted by Gasteiger charge is -2.02. The van der Waals surface area contributed by atoms with E-state index in [1.165, 1.54) is 0 Å². The second-order valence-electron chi connectivity index (χ2n) is 2.16. The van der Waals surface area contributed by atoms with Gasteiger partial charge in [-0.05, 0) is 0 Å². The summed E-state index contributed by atoms with van der Waals surface area (Å²) in [4.78, 5) is 3.45. The quantitative estimate of drug-likeness (QED) is 0.715. The molecule has 0 unspecified atom stereocenters. The first kappa shape index (κ1) is 9.11. The second-order valence-corrected chi connectivity index (χ2v) is 3.22. The molecule has 0 aliphatic heterocycles. The molecule has 1 aromatic rings. The molecule has 0 amide bonds. The van der Waals surface area contributed by atoms with Crippen molar-refractivity contribution in [3.8, 4) is 0 Å². The number of alkyl halides is 3. The highest BCUT2D eigenvalue weighted by atomic mass is 32.1. The number of thiazole rings is 1. The summed E-state index contributed by atoms with van der Waals surface area (Å²) in [5.41, 5.74) is 10.2. The molecule has 0 aliphatic carbocycles. The number of rotatable bonds is 1. The van der Waals surface area contributed by atoms with E-state index in [0.29, 0.717) is 0 Å². The predicted octanol–water partition coefficient (Wildman–Crippen LogP) is 1.41. The van der Waals surface area contributed by atoms with Crippen LogP contribution in [0, 0.1) is 0 Å². The highest BCUT2D eigenvalue weighted by Crippen LogP contribution is 2.28. The van der Waals surface area contributed by atoms with Crippen molar-refractivity contribution in [2.45, 2.75) is 12.6 Å². The molecule has 1 rings (SSSR count). The molecule has 0 fully saturated rings. The van der Waals surface area contributed by atoms with Crippen molar-refractivity contribution in [1.29, 1.82) is 0 Å². The number of hydrogen-bond donors (Lipinski definition) is 2. The number of hydrogen-bond acceptors (Lipinski definition) is 4. The van der Waals surface area contributed by atoms with Crippen molar-refractivity contribution in [2.75, 3.05) is 11.5 Å². The van der Waals surface area contributed by atoms with Gasteiger partial charge in [0.2, 0.25) is 0 Å². The zero-order chi connectivity index (χ0) is 9.35. The van der Waals surface area contributed by atoms with E-state index in [0.717, 1.165) is 11.3 Å². The Morgan fingerprint density at radius 2 is 1.92 bits per heavy atom. The van der Waals surface area contributed by atoms with Crippen LogP contribution in [0.5, 0.6) is 0 Å². The van der Waals surface area contributed by atoms with E-state index in [9.17, 15) is 13.2 Å². The molecule has 4 N–H and O–H groups in total. The van der Waals surface area contributed by atoms with E-state index in [1.54, 1.807) is 0 Å². The minimum absolute atomic E-state index is 0.0322. The number of halogens is 3. The third-order valence-electron chi connectivity index (χ3n) is 1.11. The van der Waals surface area contributed by atoms with Gasteiger partial charge in [-0.25, -0.2) is 4.98 Å². The van der Waals surface area contributed by atoms with E-state index >= 15 is 0 Å². The fraction of sp³-hybridized carbons (Fsp3) is 0.400. The Labute approximate surface area is 70.2 Å². The van der Waals surface area contributed by atoms with Crippen LogP contribution in [0.2, 0.25) is 0 Å².